The van der Waals surface area contributed by atoms with Gasteiger partial charge in [-0.1, -0.05) is 0 Å². The Balaban J connectivity index is 2.33. The van der Waals surface area contributed by atoms with Gasteiger partial charge in [0.2, 0.25) is 5.91 Å². The van der Waals surface area contributed by atoms with E-state index in [0.717, 1.165) is 6.20 Å². The quantitative estimate of drug-likeness (QED) is 0.618. The van der Waals surface area contributed by atoms with Crippen LogP contribution in [0.3, 0.4) is 0 Å². The third-order valence-corrected chi connectivity index (χ3v) is 3.31. The van der Waals surface area contributed by atoms with E-state index < -0.39 is 10.8 Å². The predicted molar refractivity (Wildman–Crippen MR) is 74.0 cm³/mol. The summed E-state index contributed by atoms with van der Waals surface area (Å²) in [5.41, 5.74) is -0.443. The van der Waals surface area contributed by atoms with E-state index in [4.69, 9.17) is 0 Å². The number of nitrogens with one attached hydrogen (secondary N) is 1. The molecule has 112 valence electrons. The number of aromatic nitrogens is 1. The van der Waals surface area contributed by atoms with Crippen molar-refractivity contribution in [3.63, 3.8) is 0 Å². The van der Waals surface area contributed by atoms with Crippen LogP contribution in [0, 0.1) is 10.1 Å². The number of rotatable bonds is 3. The van der Waals surface area contributed by atoms with Gasteiger partial charge in [0.25, 0.3) is 11.6 Å². The first kappa shape index (κ1) is 14.7. The Morgan fingerprint density at radius 2 is 2.19 bits per heavy atom. The fraction of sp³-hybridized carbons (Fsp3) is 0.417. The molecule has 0 unspecified atom stereocenters. The van der Waals surface area contributed by atoms with Crippen LogP contribution in [0.4, 0.5) is 11.5 Å². The number of carbonyl (C=O) groups excluding carboxylic acids is 2. The van der Waals surface area contributed by atoms with Gasteiger partial charge in [-0.05, 0) is 0 Å². The monoisotopic (exact) mass is 293 g/mol. The number of carbonyl (C=O) groups is 2. The molecule has 1 aliphatic rings. The van der Waals surface area contributed by atoms with Crippen LogP contribution in [0.5, 0.6) is 0 Å². The summed E-state index contributed by atoms with van der Waals surface area (Å²) in [6.45, 7) is 0.668. The zero-order chi connectivity index (χ0) is 15.6. The van der Waals surface area contributed by atoms with Crippen LogP contribution in [0.25, 0.3) is 0 Å². The van der Waals surface area contributed by atoms with Crippen LogP contribution >= 0.6 is 0 Å². The van der Waals surface area contributed by atoms with E-state index in [1.165, 1.54) is 15.9 Å². The molecule has 9 heteroatoms. The molecule has 0 radical (unpaired) electrons. The smallest absolute Gasteiger partial charge is 0.300 e. The number of amides is 2. The molecule has 2 rings (SSSR count). The van der Waals surface area contributed by atoms with E-state index in [-0.39, 0.29) is 23.7 Å². The second kappa shape index (κ2) is 5.73. The lowest BCUT2D eigenvalue weighted by atomic mass is 10.1. The maximum Gasteiger partial charge on any atom is 0.300 e. The van der Waals surface area contributed by atoms with E-state index in [9.17, 15) is 19.7 Å². The van der Waals surface area contributed by atoms with Gasteiger partial charge in [-0.3, -0.25) is 19.7 Å². The molecule has 1 fully saturated rings. The topological polar surface area (TPSA) is 109 Å². The van der Waals surface area contributed by atoms with Crippen molar-refractivity contribution in [3.8, 4) is 0 Å². The van der Waals surface area contributed by atoms with Crippen LogP contribution in [0.15, 0.2) is 12.3 Å². The lowest BCUT2D eigenvalue weighted by molar-refractivity contribution is -0.385. The first-order valence-corrected chi connectivity index (χ1v) is 6.29. The van der Waals surface area contributed by atoms with Gasteiger partial charge in [0, 0.05) is 33.3 Å². The van der Waals surface area contributed by atoms with Crippen molar-refractivity contribution in [1.29, 1.82) is 0 Å². The van der Waals surface area contributed by atoms with Crippen molar-refractivity contribution in [2.45, 2.75) is 0 Å². The van der Waals surface area contributed by atoms with Crippen molar-refractivity contribution in [2.75, 3.05) is 39.0 Å². The number of piperazine rings is 1. The molecule has 1 aromatic heterocycles. The van der Waals surface area contributed by atoms with Gasteiger partial charge < -0.3 is 15.1 Å². The Morgan fingerprint density at radius 1 is 1.48 bits per heavy atom. The Hall–Kier alpha value is -2.71. The van der Waals surface area contributed by atoms with Gasteiger partial charge in [-0.25, -0.2) is 4.98 Å². The predicted octanol–water partition coefficient (Wildman–Crippen LogP) is -0.0543. The average Bonchev–Trinajstić information content (AvgIpc) is 2.48. The number of hydrogen-bond donors (Lipinski definition) is 1. The second-order valence-electron chi connectivity index (χ2n) is 4.64. The van der Waals surface area contributed by atoms with E-state index in [1.54, 1.807) is 14.1 Å². The lowest BCUT2D eigenvalue weighted by Gasteiger charge is -2.31. The molecule has 2 amide bonds. The van der Waals surface area contributed by atoms with E-state index >= 15 is 0 Å². The first-order chi connectivity index (χ1) is 9.93. The fourth-order valence-corrected chi connectivity index (χ4v) is 2.00. The number of hydrogen-bond acceptors (Lipinski definition) is 6. The van der Waals surface area contributed by atoms with Gasteiger partial charge in [0.15, 0.2) is 0 Å². The van der Waals surface area contributed by atoms with Gasteiger partial charge in [0.05, 0.1) is 4.92 Å². The highest BCUT2D eigenvalue weighted by Gasteiger charge is 2.30. The fourth-order valence-electron chi connectivity index (χ4n) is 2.00. The molecule has 0 bridgehead atoms. The minimum absolute atomic E-state index is 0.0725. The standard InChI is InChI=1S/C12H15N5O4/c1-13-10-5-8(9(6-14-10)17(20)21)12(19)16-4-3-15(2)11(18)7-16/h5-6H,3-4,7H2,1-2H3,(H,13,14). The molecular formula is C12H15N5O4. The minimum atomic E-state index is -0.655. The van der Waals surface area contributed by atoms with Gasteiger partial charge >= 0.3 is 0 Å². The van der Waals surface area contributed by atoms with Crippen molar-refractivity contribution < 1.29 is 14.5 Å². The summed E-state index contributed by atoms with van der Waals surface area (Å²) in [4.78, 5) is 41.1. The minimum Gasteiger partial charge on any atom is -0.373 e. The maximum atomic E-state index is 12.4. The first-order valence-electron chi connectivity index (χ1n) is 6.29. The lowest BCUT2D eigenvalue weighted by Crippen LogP contribution is -2.50. The zero-order valence-corrected chi connectivity index (χ0v) is 11.7. The molecule has 1 N–H and O–H groups in total. The van der Waals surface area contributed by atoms with Crippen molar-refractivity contribution in [3.05, 3.63) is 27.9 Å². The number of nitro groups is 1. The summed E-state index contributed by atoms with van der Waals surface area (Å²) in [6, 6.07) is 1.32. The summed E-state index contributed by atoms with van der Waals surface area (Å²) in [6.07, 6.45) is 1.04. The highest BCUT2D eigenvalue weighted by atomic mass is 16.6. The molecule has 1 saturated heterocycles. The Morgan fingerprint density at radius 3 is 2.76 bits per heavy atom. The highest BCUT2D eigenvalue weighted by molar-refractivity contribution is 6.00. The largest absolute Gasteiger partial charge is 0.373 e. The van der Waals surface area contributed by atoms with Crippen LogP contribution in [-0.2, 0) is 4.79 Å². The molecule has 0 saturated carbocycles. The number of anilines is 1. The summed E-state index contributed by atoms with van der Waals surface area (Å²) in [7, 11) is 3.25. The number of pyridine rings is 1. The normalized spacial score (nSPS) is 15.0. The van der Waals surface area contributed by atoms with Gasteiger partial charge in [-0.2, -0.15) is 0 Å². The van der Waals surface area contributed by atoms with Crippen molar-refractivity contribution in [2.24, 2.45) is 0 Å². The summed E-state index contributed by atoms with van der Waals surface area (Å²) >= 11 is 0. The van der Waals surface area contributed by atoms with E-state index in [1.807, 2.05) is 0 Å². The SMILES string of the molecule is CNc1cc(C(=O)N2CCN(C)C(=O)C2)c([N+](=O)[O-])cn1. The Kier molecular flexibility index (Phi) is 4.01. The second-order valence-corrected chi connectivity index (χ2v) is 4.64. The van der Waals surface area contributed by atoms with Gasteiger partial charge in [0.1, 0.15) is 24.1 Å². The maximum absolute atomic E-state index is 12.4. The van der Waals surface area contributed by atoms with E-state index in [2.05, 4.69) is 10.3 Å². The van der Waals surface area contributed by atoms with Crippen LogP contribution in [0.1, 0.15) is 10.4 Å². The molecule has 1 aliphatic heterocycles. The third kappa shape index (κ3) is 2.91. The molecule has 9 nitrogen and oxygen atoms in total. The molecular weight excluding hydrogens is 278 g/mol. The average molecular weight is 293 g/mol. The Bertz CT molecular complexity index is 603. The van der Waals surface area contributed by atoms with Gasteiger partial charge in [-0.15, -0.1) is 0 Å². The molecule has 0 aliphatic carbocycles. The van der Waals surface area contributed by atoms with Crippen molar-refractivity contribution in [1.82, 2.24) is 14.8 Å². The molecule has 0 atom stereocenters. The van der Waals surface area contributed by atoms with Crippen LogP contribution < -0.4 is 5.32 Å². The molecule has 0 spiro atoms. The zero-order valence-electron chi connectivity index (χ0n) is 11.7. The molecule has 1 aromatic rings. The Labute approximate surface area is 120 Å². The summed E-state index contributed by atoms with van der Waals surface area (Å²) in [5, 5.41) is 13.8. The molecule has 21 heavy (non-hydrogen) atoms. The molecule has 2 heterocycles. The van der Waals surface area contributed by atoms with Crippen LogP contribution in [0.2, 0.25) is 0 Å². The van der Waals surface area contributed by atoms with E-state index in [0.29, 0.717) is 18.9 Å². The third-order valence-electron chi connectivity index (χ3n) is 3.31. The molecule has 0 aromatic carbocycles. The number of likely N-dealkylation sites (N-methyl/N-ethyl adjacent to an activating group) is 1. The summed E-state index contributed by atoms with van der Waals surface area (Å²) < 4.78 is 0. The summed E-state index contributed by atoms with van der Waals surface area (Å²) in [5.74, 6) is -0.383. The highest BCUT2D eigenvalue weighted by Crippen LogP contribution is 2.22. The van der Waals surface area contributed by atoms with Crippen LogP contribution in [-0.4, -0.2) is 65.3 Å². The van der Waals surface area contributed by atoms with Crippen molar-refractivity contribution >= 4 is 23.3 Å². The number of nitrogens with zero attached hydrogens (tertiary/aromatic N) is 4.